The highest BCUT2D eigenvalue weighted by molar-refractivity contribution is 5.71. The Morgan fingerprint density at radius 1 is 1.53 bits per heavy atom. The predicted molar refractivity (Wildman–Crippen MR) is 70.6 cm³/mol. The van der Waals surface area contributed by atoms with Gasteiger partial charge >= 0.3 is 5.97 Å². The second kappa shape index (κ2) is 5.93. The number of aliphatic carboxylic acids is 1. The maximum absolute atomic E-state index is 11.0. The van der Waals surface area contributed by atoms with E-state index < -0.39 is 5.97 Å². The summed E-state index contributed by atoms with van der Waals surface area (Å²) >= 11 is 0. The van der Waals surface area contributed by atoms with Gasteiger partial charge in [-0.25, -0.2) is 0 Å². The van der Waals surface area contributed by atoms with Crippen molar-refractivity contribution in [3.05, 3.63) is 23.8 Å². The zero-order chi connectivity index (χ0) is 13.8. The lowest BCUT2D eigenvalue weighted by molar-refractivity contribution is -0.141. The van der Waals surface area contributed by atoms with Crippen LogP contribution in [0.15, 0.2) is 18.2 Å². The smallest absolute Gasteiger partial charge is 0.307 e. The van der Waals surface area contributed by atoms with E-state index >= 15 is 0 Å². The van der Waals surface area contributed by atoms with E-state index in [1.807, 2.05) is 25.1 Å². The van der Waals surface area contributed by atoms with Gasteiger partial charge in [0.15, 0.2) is 11.5 Å². The largest absolute Gasteiger partial charge is 0.493 e. The van der Waals surface area contributed by atoms with E-state index in [2.05, 4.69) is 5.32 Å². The normalized spacial score (nSPS) is 22.2. The van der Waals surface area contributed by atoms with Crippen molar-refractivity contribution in [2.45, 2.75) is 19.4 Å². The number of carboxylic acid groups (broad SMARTS) is 1. The fourth-order valence-electron chi connectivity index (χ4n) is 2.43. The quantitative estimate of drug-likeness (QED) is 0.850. The van der Waals surface area contributed by atoms with Gasteiger partial charge in [0.05, 0.1) is 19.6 Å². The molecule has 1 saturated heterocycles. The summed E-state index contributed by atoms with van der Waals surface area (Å²) < 4.78 is 11.0. The highest BCUT2D eigenvalue weighted by atomic mass is 16.5. The van der Waals surface area contributed by atoms with Gasteiger partial charge in [-0.05, 0) is 19.4 Å². The summed E-state index contributed by atoms with van der Waals surface area (Å²) in [7, 11) is 1.60. The predicted octanol–water partition coefficient (Wildman–Crippen LogP) is 1.83. The number of hydrogen-bond acceptors (Lipinski definition) is 4. The van der Waals surface area contributed by atoms with Gasteiger partial charge in [-0.2, -0.15) is 0 Å². The van der Waals surface area contributed by atoms with Crippen molar-refractivity contribution >= 4 is 5.97 Å². The molecule has 2 atom stereocenters. The molecule has 2 unspecified atom stereocenters. The van der Waals surface area contributed by atoms with Gasteiger partial charge in [-0.15, -0.1) is 0 Å². The molecule has 0 radical (unpaired) electrons. The van der Waals surface area contributed by atoms with Crippen molar-refractivity contribution < 1.29 is 19.4 Å². The Labute approximate surface area is 112 Å². The molecule has 0 aliphatic carbocycles. The first kappa shape index (κ1) is 13.7. The third kappa shape index (κ3) is 2.81. The van der Waals surface area contributed by atoms with E-state index in [1.165, 1.54) is 0 Å². The molecule has 104 valence electrons. The Kier molecular flexibility index (Phi) is 4.27. The Morgan fingerprint density at radius 2 is 2.32 bits per heavy atom. The number of para-hydroxylation sites is 1. The van der Waals surface area contributed by atoms with Gasteiger partial charge in [-0.1, -0.05) is 12.1 Å². The molecule has 19 heavy (non-hydrogen) atoms. The van der Waals surface area contributed by atoms with Crippen molar-refractivity contribution in [1.82, 2.24) is 5.32 Å². The number of benzene rings is 1. The molecular formula is C14H19NO4. The van der Waals surface area contributed by atoms with Gasteiger partial charge in [-0.3, -0.25) is 4.79 Å². The molecule has 2 rings (SSSR count). The lowest BCUT2D eigenvalue weighted by Crippen LogP contribution is -2.17. The first-order valence-corrected chi connectivity index (χ1v) is 6.43. The number of methoxy groups -OCH3 is 1. The van der Waals surface area contributed by atoms with Crippen molar-refractivity contribution in [3.63, 3.8) is 0 Å². The Bertz CT molecular complexity index is 461. The van der Waals surface area contributed by atoms with Crippen LogP contribution in [0, 0.1) is 5.92 Å². The molecule has 0 bridgehead atoms. The van der Waals surface area contributed by atoms with Crippen LogP contribution >= 0.6 is 0 Å². The molecule has 0 spiro atoms. The van der Waals surface area contributed by atoms with E-state index in [4.69, 9.17) is 14.6 Å². The number of rotatable bonds is 5. The molecule has 0 saturated carbocycles. The van der Waals surface area contributed by atoms with Crippen LogP contribution in [0.25, 0.3) is 0 Å². The van der Waals surface area contributed by atoms with Gasteiger partial charge in [0.1, 0.15) is 0 Å². The fourth-order valence-corrected chi connectivity index (χ4v) is 2.43. The highest BCUT2D eigenvalue weighted by Gasteiger charge is 2.32. The third-order valence-electron chi connectivity index (χ3n) is 3.37. The minimum atomic E-state index is -0.754. The summed E-state index contributed by atoms with van der Waals surface area (Å²) in [6.45, 7) is 2.95. The second-order valence-electron chi connectivity index (χ2n) is 4.54. The molecular weight excluding hydrogens is 246 g/mol. The van der Waals surface area contributed by atoms with Crippen LogP contribution in [0.3, 0.4) is 0 Å². The minimum Gasteiger partial charge on any atom is -0.493 e. The average molecular weight is 265 g/mol. The molecule has 1 aliphatic heterocycles. The fraction of sp³-hybridized carbons (Fsp3) is 0.500. The van der Waals surface area contributed by atoms with Crippen molar-refractivity contribution in [2.75, 3.05) is 20.3 Å². The Balaban J connectivity index is 2.27. The minimum absolute atomic E-state index is 0.00208. The zero-order valence-corrected chi connectivity index (χ0v) is 11.2. The molecule has 1 aromatic carbocycles. The van der Waals surface area contributed by atoms with Crippen LogP contribution < -0.4 is 14.8 Å². The second-order valence-corrected chi connectivity index (χ2v) is 4.54. The lowest BCUT2D eigenvalue weighted by atomic mass is 9.99. The lowest BCUT2D eigenvalue weighted by Gasteiger charge is -2.18. The zero-order valence-electron chi connectivity index (χ0n) is 11.2. The summed E-state index contributed by atoms with van der Waals surface area (Å²) in [5.74, 6) is 0.289. The summed E-state index contributed by atoms with van der Waals surface area (Å²) in [4.78, 5) is 11.0. The molecule has 5 nitrogen and oxygen atoms in total. The SMILES string of the molecule is CCOc1c(OC)cccc1C1CC(C(=O)O)CN1. The maximum atomic E-state index is 11.0. The number of carbonyl (C=O) groups is 1. The van der Waals surface area contributed by atoms with Crippen LogP contribution in [0.4, 0.5) is 0 Å². The standard InChI is InChI=1S/C14H19NO4/c1-3-19-13-10(5-4-6-12(13)18-2)11-7-9(8-15-11)14(16)17/h4-6,9,11,15H,3,7-8H2,1-2H3,(H,16,17). The first-order valence-electron chi connectivity index (χ1n) is 6.43. The van der Waals surface area contributed by atoms with Crippen molar-refractivity contribution in [1.29, 1.82) is 0 Å². The maximum Gasteiger partial charge on any atom is 0.307 e. The number of carboxylic acids is 1. The molecule has 2 N–H and O–H groups in total. The van der Waals surface area contributed by atoms with E-state index in [-0.39, 0.29) is 12.0 Å². The van der Waals surface area contributed by atoms with Crippen LogP contribution in [-0.4, -0.2) is 31.3 Å². The number of nitrogens with one attached hydrogen (secondary N) is 1. The number of hydrogen-bond donors (Lipinski definition) is 2. The van der Waals surface area contributed by atoms with Gasteiger partial charge in [0, 0.05) is 18.2 Å². The van der Waals surface area contributed by atoms with Crippen LogP contribution in [-0.2, 0) is 4.79 Å². The monoisotopic (exact) mass is 265 g/mol. The van der Waals surface area contributed by atoms with Crippen LogP contribution in [0.5, 0.6) is 11.5 Å². The van der Waals surface area contributed by atoms with Crippen molar-refractivity contribution in [2.24, 2.45) is 5.92 Å². The Morgan fingerprint density at radius 3 is 2.89 bits per heavy atom. The van der Waals surface area contributed by atoms with Crippen molar-refractivity contribution in [3.8, 4) is 11.5 Å². The summed E-state index contributed by atoms with van der Waals surface area (Å²) in [6, 6.07) is 5.69. The van der Waals surface area contributed by atoms with E-state index in [1.54, 1.807) is 7.11 Å². The highest BCUT2D eigenvalue weighted by Crippen LogP contribution is 2.38. The third-order valence-corrected chi connectivity index (χ3v) is 3.37. The van der Waals surface area contributed by atoms with E-state index in [0.29, 0.717) is 31.1 Å². The summed E-state index contributed by atoms with van der Waals surface area (Å²) in [5.41, 5.74) is 0.963. The van der Waals surface area contributed by atoms with E-state index in [9.17, 15) is 4.79 Å². The summed E-state index contributed by atoms with van der Waals surface area (Å²) in [5, 5.41) is 12.3. The van der Waals surface area contributed by atoms with Crippen LogP contribution in [0.2, 0.25) is 0 Å². The molecule has 1 heterocycles. The molecule has 1 aromatic rings. The molecule has 1 fully saturated rings. The van der Waals surface area contributed by atoms with Gasteiger partial charge < -0.3 is 19.9 Å². The molecule has 0 amide bonds. The molecule has 5 heteroatoms. The van der Waals surface area contributed by atoms with Gasteiger partial charge in [0.2, 0.25) is 0 Å². The van der Waals surface area contributed by atoms with Gasteiger partial charge in [0.25, 0.3) is 0 Å². The molecule has 1 aliphatic rings. The van der Waals surface area contributed by atoms with E-state index in [0.717, 1.165) is 5.56 Å². The topological polar surface area (TPSA) is 67.8 Å². The average Bonchev–Trinajstić information content (AvgIpc) is 2.89. The molecule has 0 aromatic heterocycles. The Hall–Kier alpha value is -1.75. The van der Waals surface area contributed by atoms with Crippen LogP contribution in [0.1, 0.15) is 24.9 Å². The number of ether oxygens (including phenoxy) is 2. The first-order chi connectivity index (χ1) is 9.17. The summed E-state index contributed by atoms with van der Waals surface area (Å²) in [6.07, 6.45) is 0.572.